The zero-order valence-electron chi connectivity index (χ0n) is 18.2. The third-order valence-corrected chi connectivity index (χ3v) is 6.01. The number of anilines is 2. The molecule has 1 fully saturated rings. The SMILES string of the molecule is O=C(Nc1ccccc1)NC1CCN(c2nc3ccccc3n2Cc2cccc(F)c2)CC1. The van der Waals surface area contributed by atoms with E-state index in [-0.39, 0.29) is 17.9 Å². The third-order valence-electron chi connectivity index (χ3n) is 6.01. The first-order valence-electron chi connectivity index (χ1n) is 11.2. The molecule has 5 rings (SSSR count). The number of imidazole rings is 1. The van der Waals surface area contributed by atoms with Crippen LogP contribution in [0.15, 0.2) is 78.9 Å². The third kappa shape index (κ3) is 4.82. The minimum absolute atomic E-state index is 0.103. The molecule has 1 aliphatic rings. The van der Waals surface area contributed by atoms with E-state index in [1.165, 1.54) is 6.07 Å². The summed E-state index contributed by atoms with van der Waals surface area (Å²) in [6.07, 6.45) is 1.65. The van der Waals surface area contributed by atoms with Gasteiger partial charge >= 0.3 is 6.03 Å². The van der Waals surface area contributed by atoms with Crippen molar-refractivity contribution >= 4 is 28.7 Å². The number of urea groups is 1. The van der Waals surface area contributed by atoms with E-state index in [9.17, 15) is 9.18 Å². The van der Waals surface area contributed by atoms with Gasteiger partial charge in [0.05, 0.1) is 17.6 Å². The second-order valence-electron chi connectivity index (χ2n) is 8.34. The molecule has 3 aromatic carbocycles. The molecule has 168 valence electrons. The Morgan fingerprint density at radius 2 is 1.73 bits per heavy atom. The Labute approximate surface area is 192 Å². The molecule has 1 aliphatic heterocycles. The Bertz CT molecular complexity index is 1250. The predicted octanol–water partition coefficient (Wildman–Crippen LogP) is 5.01. The molecule has 1 saturated heterocycles. The number of hydrogen-bond acceptors (Lipinski definition) is 3. The van der Waals surface area contributed by atoms with Crippen molar-refractivity contribution in [2.24, 2.45) is 0 Å². The van der Waals surface area contributed by atoms with Crippen molar-refractivity contribution in [3.8, 4) is 0 Å². The van der Waals surface area contributed by atoms with E-state index in [0.29, 0.717) is 6.54 Å². The number of aromatic nitrogens is 2. The second kappa shape index (κ2) is 9.32. The van der Waals surface area contributed by atoms with Gasteiger partial charge in [-0.25, -0.2) is 14.2 Å². The Kier molecular flexibility index (Phi) is 5.93. The number of amides is 2. The maximum atomic E-state index is 13.8. The molecule has 7 heteroatoms. The fourth-order valence-electron chi connectivity index (χ4n) is 4.38. The second-order valence-corrected chi connectivity index (χ2v) is 8.34. The molecule has 33 heavy (non-hydrogen) atoms. The zero-order valence-corrected chi connectivity index (χ0v) is 18.2. The van der Waals surface area contributed by atoms with Crippen molar-refractivity contribution in [1.29, 1.82) is 0 Å². The first-order chi connectivity index (χ1) is 16.2. The van der Waals surface area contributed by atoms with Gasteiger partial charge < -0.3 is 20.1 Å². The van der Waals surface area contributed by atoms with E-state index in [1.807, 2.05) is 60.7 Å². The average molecular weight is 444 g/mol. The largest absolute Gasteiger partial charge is 0.342 e. The lowest BCUT2D eigenvalue weighted by molar-refractivity contribution is 0.246. The summed E-state index contributed by atoms with van der Waals surface area (Å²) in [5.41, 5.74) is 3.62. The molecule has 4 aromatic rings. The highest BCUT2D eigenvalue weighted by atomic mass is 19.1. The molecule has 0 radical (unpaired) electrons. The lowest BCUT2D eigenvalue weighted by Gasteiger charge is -2.33. The molecule has 0 atom stereocenters. The van der Waals surface area contributed by atoms with E-state index >= 15 is 0 Å². The van der Waals surface area contributed by atoms with E-state index in [4.69, 9.17) is 4.98 Å². The van der Waals surface area contributed by atoms with Crippen LogP contribution in [0.1, 0.15) is 18.4 Å². The smallest absolute Gasteiger partial charge is 0.319 e. The number of halogens is 1. The molecule has 2 amide bonds. The van der Waals surface area contributed by atoms with Crippen LogP contribution >= 0.6 is 0 Å². The van der Waals surface area contributed by atoms with Crippen LogP contribution in [0, 0.1) is 5.82 Å². The number of hydrogen-bond donors (Lipinski definition) is 2. The number of benzene rings is 3. The minimum atomic E-state index is -0.237. The van der Waals surface area contributed by atoms with Crippen LogP contribution in [-0.2, 0) is 6.54 Å². The summed E-state index contributed by atoms with van der Waals surface area (Å²) in [7, 11) is 0. The number of fused-ring (bicyclic) bond motifs is 1. The Morgan fingerprint density at radius 1 is 0.970 bits per heavy atom. The van der Waals surface area contributed by atoms with Gasteiger partial charge in [0.15, 0.2) is 0 Å². The summed E-state index contributed by atoms with van der Waals surface area (Å²) in [4.78, 5) is 19.5. The summed E-state index contributed by atoms with van der Waals surface area (Å²) in [6.45, 7) is 2.11. The molecule has 6 nitrogen and oxygen atoms in total. The molecule has 1 aromatic heterocycles. The van der Waals surface area contributed by atoms with Crippen LogP contribution in [0.2, 0.25) is 0 Å². The fraction of sp³-hybridized carbons (Fsp3) is 0.231. The monoisotopic (exact) mass is 443 g/mol. The highest BCUT2D eigenvalue weighted by Gasteiger charge is 2.25. The molecule has 0 spiro atoms. The van der Waals surface area contributed by atoms with Gasteiger partial charge in [-0.05, 0) is 54.8 Å². The summed E-state index contributed by atoms with van der Waals surface area (Å²) in [5, 5.41) is 5.96. The number of rotatable bonds is 5. The van der Waals surface area contributed by atoms with Gasteiger partial charge in [0.1, 0.15) is 5.82 Å². The quantitative estimate of drug-likeness (QED) is 0.456. The van der Waals surface area contributed by atoms with Gasteiger partial charge in [0.25, 0.3) is 0 Å². The van der Waals surface area contributed by atoms with Gasteiger partial charge in [0.2, 0.25) is 5.95 Å². The number of carbonyl (C=O) groups is 1. The molecule has 2 heterocycles. The Hall–Kier alpha value is -3.87. The number of carbonyl (C=O) groups excluding carboxylic acids is 1. The normalized spacial score (nSPS) is 14.4. The van der Waals surface area contributed by atoms with Crippen LogP contribution in [-0.4, -0.2) is 34.7 Å². The van der Waals surface area contributed by atoms with Crippen molar-refractivity contribution < 1.29 is 9.18 Å². The van der Waals surface area contributed by atoms with Gasteiger partial charge in [-0.3, -0.25) is 0 Å². The average Bonchev–Trinajstić information content (AvgIpc) is 3.18. The van der Waals surface area contributed by atoms with Crippen molar-refractivity contribution in [1.82, 2.24) is 14.9 Å². The van der Waals surface area contributed by atoms with Crippen molar-refractivity contribution in [3.05, 3.63) is 90.2 Å². The summed E-state index contributed by atoms with van der Waals surface area (Å²) in [5.74, 6) is 0.645. The summed E-state index contributed by atoms with van der Waals surface area (Å²) in [6, 6.07) is 24.1. The number of para-hydroxylation sites is 3. The van der Waals surface area contributed by atoms with Crippen molar-refractivity contribution in [2.75, 3.05) is 23.3 Å². The number of piperidine rings is 1. The maximum Gasteiger partial charge on any atom is 0.319 e. The molecule has 2 N–H and O–H groups in total. The topological polar surface area (TPSA) is 62.2 Å². The first kappa shape index (κ1) is 21.0. The molecule has 0 bridgehead atoms. The Morgan fingerprint density at radius 3 is 2.52 bits per heavy atom. The van der Waals surface area contributed by atoms with Gasteiger partial charge in [-0.15, -0.1) is 0 Å². The molecule has 0 aliphatic carbocycles. The first-order valence-corrected chi connectivity index (χ1v) is 11.2. The molecular weight excluding hydrogens is 417 g/mol. The van der Waals surface area contributed by atoms with E-state index < -0.39 is 0 Å². The minimum Gasteiger partial charge on any atom is -0.342 e. The lowest BCUT2D eigenvalue weighted by Crippen LogP contribution is -2.46. The van der Waals surface area contributed by atoms with Crippen molar-refractivity contribution in [2.45, 2.75) is 25.4 Å². The van der Waals surface area contributed by atoms with Gasteiger partial charge in [-0.1, -0.05) is 42.5 Å². The maximum absolute atomic E-state index is 13.8. The fourth-order valence-corrected chi connectivity index (χ4v) is 4.38. The van der Waals surface area contributed by atoms with Gasteiger partial charge in [0, 0.05) is 24.8 Å². The van der Waals surface area contributed by atoms with Crippen LogP contribution in [0.25, 0.3) is 11.0 Å². The van der Waals surface area contributed by atoms with E-state index in [1.54, 1.807) is 12.1 Å². The van der Waals surface area contributed by atoms with Crippen LogP contribution in [0.5, 0.6) is 0 Å². The van der Waals surface area contributed by atoms with Gasteiger partial charge in [-0.2, -0.15) is 0 Å². The number of nitrogens with zero attached hydrogens (tertiary/aromatic N) is 3. The highest BCUT2D eigenvalue weighted by Crippen LogP contribution is 2.26. The number of nitrogens with one attached hydrogen (secondary N) is 2. The predicted molar refractivity (Wildman–Crippen MR) is 129 cm³/mol. The lowest BCUT2D eigenvalue weighted by atomic mass is 10.1. The summed E-state index contributed by atoms with van der Waals surface area (Å²) < 4.78 is 15.9. The highest BCUT2D eigenvalue weighted by molar-refractivity contribution is 5.89. The van der Waals surface area contributed by atoms with E-state index in [0.717, 1.165) is 54.2 Å². The molecular formula is C26H26FN5O. The van der Waals surface area contributed by atoms with Crippen LogP contribution in [0.3, 0.4) is 0 Å². The van der Waals surface area contributed by atoms with Crippen LogP contribution < -0.4 is 15.5 Å². The standard InChI is InChI=1S/C26H26FN5O/c27-20-8-6-7-19(17-20)18-32-24-12-5-4-11-23(24)30-26(32)31-15-13-22(14-16-31)29-25(33)28-21-9-2-1-3-10-21/h1-12,17,22H,13-16,18H2,(H2,28,29,33). The molecule has 0 saturated carbocycles. The van der Waals surface area contributed by atoms with Crippen molar-refractivity contribution in [3.63, 3.8) is 0 Å². The van der Waals surface area contributed by atoms with E-state index in [2.05, 4.69) is 20.1 Å². The molecule has 0 unspecified atom stereocenters. The summed E-state index contributed by atoms with van der Waals surface area (Å²) >= 11 is 0. The Balaban J connectivity index is 1.29. The van der Waals surface area contributed by atoms with Crippen LogP contribution in [0.4, 0.5) is 20.8 Å². The zero-order chi connectivity index (χ0) is 22.6.